The average Bonchev–Trinajstić information content (AvgIpc) is 3.31. The van der Waals surface area contributed by atoms with Gasteiger partial charge in [-0.05, 0) is 58.2 Å². The number of anilines is 1. The minimum absolute atomic E-state index is 0.101. The summed E-state index contributed by atoms with van der Waals surface area (Å²) in [6.45, 7) is 9.29. The summed E-state index contributed by atoms with van der Waals surface area (Å²) in [5.41, 5.74) is 2.75. The summed E-state index contributed by atoms with van der Waals surface area (Å²) >= 11 is 0. The molecule has 1 aliphatic rings. The van der Waals surface area contributed by atoms with E-state index < -0.39 is 11.6 Å². The molecule has 192 valence electrons. The Balaban J connectivity index is 1.46. The number of carbonyl (C=O) groups is 1. The third-order valence-corrected chi connectivity index (χ3v) is 6.71. The molecule has 0 bridgehead atoms. The Hall–Kier alpha value is -4.08. The van der Waals surface area contributed by atoms with Crippen molar-refractivity contribution in [2.75, 3.05) is 18.0 Å². The van der Waals surface area contributed by atoms with Crippen molar-refractivity contribution in [2.24, 2.45) is 0 Å². The number of carboxylic acid groups (broad SMARTS) is 1. The maximum atomic E-state index is 12.1. The maximum absolute atomic E-state index is 12.1. The second-order valence-corrected chi connectivity index (χ2v) is 10.4. The molecule has 4 aromatic heterocycles. The highest BCUT2D eigenvalue weighted by atomic mass is 16.4. The van der Waals surface area contributed by atoms with Gasteiger partial charge in [0.05, 0.1) is 35.3 Å². The lowest BCUT2D eigenvalue weighted by Crippen LogP contribution is -2.57. The van der Waals surface area contributed by atoms with Gasteiger partial charge in [-0.25, -0.2) is 19.4 Å². The van der Waals surface area contributed by atoms with E-state index in [-0.39, 0.29) is 6.04 Å². The van der Waals surface area contributed by atoms with Crippen molar-refractivity contribution in [1.82, 2.24) is 34.6 Å². The first-order chi connectivity index (χ1) is 17.7. The van der Waals surface area contributed by atoms with Crippen molar-refractivity contribution in [3.8, 4) is 17.2 Å². The standard InChI is InChI=1S/C27H32N8O2/c1-5-19-15-28-16-22(31-19)21-12-23-18(13-29-21)14-30-35(23)25-10-6-9-24(32-25)33-11-7-8-20(17-33)34(26(36)37)27(2,3)4/h6,9-10,12-16,20H,5,7-8,11,17H2,1-4H3,(H,36,37). The summed E-state index contributed by atoms with van der Waals surface area (Å²) in [6.07, 6.45) is 8.70. The number of piperidine rings is 1. The minimum atomic E-state index is -0.886. The fraction of sp³-hybridized carbons (Fsp3) is 0.407. The molecular weight excluding hydrogens is 468 g/mol. The fourth-order valence-electron chi connectivity index (χ4n) is 5.01. The lowest BCUT2D eigenvalue weighted by Gasteiger charge is -2.44. The van der Waals surface area contributed by atoms with Gasteiger partial charge in [0.2, 0.25) is 0 Å². The van der Waals surface area contributed by atoms with Gasteiger partial charge in [0.15, 0.2) is 5.82 Å². The fourth-order valence-corrected chi connectivity index (χ4v) is 5.01. The highest BCUT2D eigenvalue weighted by Crippen LogP contribution is 2.28. The van der Waals surface area contributed by atoms with E-state index in [1.807, 2.05) is 52.0 Å². The van der Waals surface area contributed by atoms with E-state index in [2.05, 4.69) is 25.0 Å². The molecule has 4 aromatic rings. The van der Waals surface area contributed by atoms with Crippen LogP contribution in [0.4, 0.5) is 10.6 Å². The molecule has 0 aromatic carbocycles. The molecule has 1 unspecified atom stereocenters. The van der Waals surface area contributed by atoms with Gasteiger partial charge in [0.1, 0.15) is 11.5 Å². The van der Waals surface area contributed by atoms with Crippen LogP contribution in [0.5, 0.6) is 0 Å². The van der Waals surface area contributed by atoms with Gasteiger partial charge in [0, 0.05) is 36.4 Å². The van der Waals surface area contributed by atoms with Crippen LogP contribution in [0.15, 0.2) is 49.1 Å². The van der Waals surface area contributed by atoms with Crippen molar-refractivity contribution >= 4 is 22.8 Å². The third kappa shape index (κ3) is 4.96. The maximum Gasteiger partial charge on any atom is 0.408 e. The first-order valence-electron chi connectivity index (χ1n) is 12.6. The van der Waals surface area contributed by atoms with Crippen LogP contribution >= 0.6 is 0 Å². The zero-order valence-electron chi connectivity index (χ0n) is 21.7. The molecule has 1 saturated heterocycles. The van der Waals surface area contributed by atoms with Gasteiger partial charge in [0.25, 0.3) is 0 Å². The van der Waals surface area contributed by atoms with Crippen LogP contribution in [-0.2, 0) is 6.42 Å². The van der Waals surface area contributed by atoms with E-state index in [1.54, 1.807) is 34.4 Å². The second kappa shape index (κ2) is 9.76. The van der Waals surface area contributed by atoms with Crippen LogP contribution in [0.1, 0.15) is 46.2 Å². The van der Waals surface area contributed by atoms with E-state index >= 15 is 0 Å². The van der Waals surface area contributed by atoms with Gasteiger partial charge in [-0.2, -0.15) is 5.10 Å². The number of nitrogens with zero attached hydrogens (tertiary/aromatic N) is 8. The van der Waals surface area contributed by atoms with Crippen LogP contribution in [0.2, 0.25) is 0 Å². The van der Waals surface area contributed by atoms with Gasteiger partial charge >= 0.3 is 6.09 Å². The molecule has 0 aliphatic carbocycles. The SMILES string of the molecule is CCc1cncc(-c2cc3c(cn2)cnn3-c2cccc(N3CCCC(N(C(=O)O)C(C)(C)C)C3)n2)n1. The molecule has 10 nitrogen and oxygen atoms in total. The number of amides is 1. The molecule has 37 heavy (non-hydrogen) atoms. The summed E-state index contributed by atoms with van der Waals surface area (Å²) in [5, 5.41) is 15.4. The molecule has 1 aliphatic heterocycles. The van der Waals surface area contributed by atoms with Crippen LogP contribution < -0.4 is 4.90 Å². The summed E-state index contributed by atoms with van der Waals surface area (Å²) in [5.74, 6) is 1.49. The van der Waals surface area contributed by atoms with Crippen molar-refractivity contribution < 1.29 is 9.90 Å². The molecule has 10 heteroatoms. The molecular formula is C27H32N8O2. The predicted octanol–water partition coefficient (Wildman–Crippen LogP) is 4.58. The summed E-state index contributed by atoms with van der Waals surface area (Å²) < 4.78 is 1.81. The topological polar surface area (TPSA) is 113 Å². The number of aryl methyl sites for hydroxylation is 1. The Bertz CT molecular complexity index is 1430. The van der Waals surface area contributed by atoms with Crippen molar-refractivity contribution in [3.63, 3.8) is 0 Å². The number of rotatable bonds is 5. The van der Waals surface area contributed by atoms with Crippen molar-refractivity contribution in [3.05, 3.63) is 54.7 Å². The summed E-state index contributed by atoms with van der Waals surface area (Å²) in [6, 6.07) is 7.72. The summed E-state index contributed by atoms with van der Waals surface area (Å²) in [7, 11) is 0. The van der Waals surface area contributed by atoms with Gasteiger partial charge in [-0.1, -0.05) is 13.0 Å². The Morgan fingerprint density at radius 3 is 2.68 bits per heavy atom. The third-order valence-electron chi connectivity index (χ3n) is 6.71. The van der Waals surface area contributed by atoms with Crippen LogP contribution in [0.25, 0.3) is 28.1 Å². The lowest BCUT2D eigenvalue weighted by molar-refractivity contribution is 0.0647. The zero-order chi connectivity index (χ0) is 26.2. The van der Waals surface area contributed by atoms with Crippen LogP contribution in [0, 0.1) is 0 Å². The largest absolute Gasteiger partial charge is 0.465 e. The van der Waals surface area contributed by atoms with Gasteiger partial charge in [-0.3, -0.25) is 14.9 Å². The average molecular weight is 501 g/mol. The summed E-state index contributed by atoms with van der Waals surface area (Å²) in [4.78, 5) is 34.3. The Kier molecular flexibility index (Phi) is 6.49. The molecule has 1 fully saturated rings. The molecule has 5 rings (SSSR count). The first-order valence-corrected chi connectivity index (χ1v) is 12.6. The highest BCUT2D eigenvalue weighted by Gasteiger charge is 2.36. The monoisotopic (exact) mass is 500 g/mol. The van der Waals surface area contributed by atoms with Gasteiger partial charge in [-0.15, -0.1) is 0 Å². The van der Waals surface area contributed by atoms with E-state index in [0.717, 1.165) is 59.6 Å². The Morgan fingerprint density at radius 1 is 1.11 bits per heavy atom. The number of hydrogen-bond acceptors (Lipinski definition) is 7. The molecule has 0 saturated carbocycles. The normalized spacial score (nSPS) is 16.2. The Morgan fingerprint density at radius 2 is 1.92 bits per heavy atom. The zero-order valence-corrected chi connectivity index (χ0v) is 21.7. The molecule has 1 amide bonds. The van der Waals surface area contributed by atoms with Crippen molar-refractivity contribution in [2.45, 2.75) is 58.5 Å². The van der Waals surface area contributed by atoms with E-state index in [0.29, 0.717) is 12.4 Å². The molecule has 0 spiro atoms. The number of hydrogen-bond donors (Lipinski definition) is 1. The molecule has 0 radical (unpaired) electrons. The van der Waals surface area contributed by atoms with E-state index in [9.17, 15) is 9.90 Å². The number of pyridine rings is 2. The van der Waals surface area contributed by atoms with E-state index in [1.165, 1.54) is 0 Å². The predicted molar refractivity (Wildman–Crippen MR) is 142 cm³/mol. The van der Waals surface area contributed by atoms with Gasteiger partial charge < -0.3 is 10.0 Å². The van der Waals surface area contributed by atoms with Crippen LogP contribution in [0.3, 0.4) is 0 Å². The molecule has 1 atom stereocenters. The minimum Gasteiger partial charge on any atom is -0.465 e. The smallest absolute Gasteiger partial charge is 0.408 e. The molecule has 1 N–H and O–H groups in total. The number of aromatic nitrogens is 6. The van der Waals surface area contributed by atoms with E-state index in [4.69, 9.17) is 4.98 Å². The number of fused-ring (bicyclic) bond motifs is 1. The quantitative estimate of drug-likeness (QED) is 0.424. The Labute approximate surface area is 216 Å². The van der Waals surface area contributed by atoms with Crippen LogP contribution in [-0.4, -0.2) is 70.5 Å². The first kappa shape index (κ1) is 24.6. The van der Waals surface area contributed by atoms with Crippen molar-refractivity contribution in [1.29, 1.82) is 0 Å². The molecule has 5 heterocycles. The second-order valence-electron chi connectivity index (χ2n) is 10.4. The highest BCUT2D eigenvalue weighted by molar-refractivity contribution is 5.82. The lowest BCUT2D eigenvalue weighted by atomic mass is 9.97.